The van der Waals surface area contributed by atoms with Crippen molar-refractivity contribution in [3.8, 4) is 0 Å². The fourth-order valence-electron chi connectivity index (χ4n) is 2.37. The second-order valence-corrected chi connectivity index (χ2v) is 6.69. The van der Waals surface area contributed by atoms with Gasteiger partial charge in [0, 0.05) is 29.2 Å². The number of nitrogens with two attached hydrogens (primary N) is 1. The molecule has 0 radical (unpaired) electrons. The van der Waals surface area contributed by atoms with Crippen LogP contribution in [0.15, 0.2) is 46.0 Å². The number of likely N-dealkylation sites (N-methyl/N-ethyl adjacent to an activating group) is 1. The van der Waals surface area contributed by atoms with Crippen molar-refractivity contribution >= 4 is 38.6 Å². The van der Waals surface area contributed by atoms with Crippen LogP contribution < -0.4 is 5.73 Å². The maximum absolute atomic E-state index is 6.23. The number of nitrogens with zero attached hydrogens (tertiary/aromatic N) is 4. The van der Waals surface area contributed by atoms with Crippen LogP contribution in [0.3, 0.4) is 0 Å². The molecule has 0 saturated heterocycles. The summed E-state index contributed by atoms with van der Waals surface area (Å²) in [6.45, 7) is 0.913. The van der Waals surface area contributed by atoms with Gasteiger partial charge in [-0.25, -0.2) is 15.0 Å². The van der Waals surface area contributed by atoms with Gasteiger partial charge >= 0.3 is 0 Å². The van der Waals surface area contributed by atoms with Gasteiger partial charge in [0.15, 0.2) is 5.65 Å². The highest BCUT2D eigenvalue weighted by atomic mass is 79.9. The van der Waals surface area contributed by atoms with Crippen molar-refractivity contribution < 1.29 is 0 Å². The number of halogens is 1. The monoisotopic (exact) mass is 386 g/mol. The second kappa shape index (κ2) is 7.11. The number of hydrogen-bond acceptors (Lipinski definition) is 4. The summed E-state index contributed by atoms with van der Waals surface area (Å²) in [5.74, 6) is 1.33. The molecule has 1 aromatic carbocycles. The summed E-state index contributed by atoms with van der Waals surface area (Å²) in [4.78, 5) is 18.8. The highest BCUT2D eigenvalue weighted by Crippen LogP contribution is 2.20. The Labute approximate surface area is 149 Å². The third-order valence-electron chi connectivity index (χ3n) is 3.57. The number of rotatable bonds is 5. The summed E-state index contributed by atoms with van der Waals surface area (Å²) >= 11 is 3.44. The van der Waals surface area contributed by atoms with Gasteiger partial charge < -0.3 is 15.6 Å². The summed E-state index contributed by atoms with van der Waals surface area (Å²) in [6.07, 6.45) is 2.53. The number of aliphatic imine (C=N–C) groups is 1. The van der Waals surface area contributed by atoms with Gasteiger partial charge in [0.25, 0.3) is 0 Å². The smallest absolute Gasteiger partial charge is 0.178 e. The van der Waals surface area contributed by atoms with Crippen molar-refractivity contribution in [3.63, 3.8) is 0 Å². The van der Waals surface area contributed by atoms with E-state index in [4.69, 9.17) is 5.73 Å². The molecule has 24 heavy (non-hydrogen) atoms. The minimum absolute atomic E-state index is 0.434. The fraction of sp³-hybridized carbons (Fsp3) is 0.235. The van der Waals surface area contributed by atoms with E-state index in [2.05, 4.69) is 40.8 Å². The zero-order valence-electron chi connectivity index (χ0n) is 13.6. The van der Waals surface area contributed by atoms with Crippen LogP contribution in [0.25, 0.3) is 11.2 Å². The highest BCUT2D eigenvalue weighted by molar-refractivity contribution is 9.10. The summed E-state index contributed by atoms with van der Waals surface area (Å²) in [7, 11) is 4.07. The lowest BCUT2D eigenvalue weighted by atomic mass is 10.2. The number of imidazole rings is 1. The maximum atomic E-state index is 6.23. The largest absolute Gasteiger partial charge is 0.383 e. The van der Waals surface area contributed by atoms with E-state index >= 15 is 0 Å². The van der Waals surface area contributed by atoms with E-state index in [-0.39, 0.29) is 0 Å². The van der Waals surface area contributed by atoms with Crippen molar-refractivity contribution in [1.29, 1.82) is 0 Å². The Morgan fingerprint density at radius 3 is 2.92 bits per heavy atom. The van der Waals surface area contributed by atoms with Crippen molar-refractivity contribution in [1.82, 2.24) is 19.9 Å². The minimum atomic E-state index is 0.434. The first kappa shape index (κ1) is 16.6. The summed E-state index contributed by atoms with van der Waals surface area (Å²) in [6, 6.07) is 9.55. The summed E-state index contributed by atoms with van der Waals surface area (Å²) in [5.41, 5.74) is 9.31. The molecule has 0 aliphatic rings. The van der Waals surface area contributed by atoms with Crippen LogP contribution in [0, 0.1) is 0 Å². The van der Waals surface area contributed by atoms with Gasteiger partial charge in [0.1, 0.15) is 11.7 Å². The van der Waals surface area contributed by atoms with E-state index in [1.807, 2.05) is 44.4 Å². The first-order valence-corrected chi connectivity index (χ1v) is 8.40. The van der Waals surface area contributed by atoms with Crippen molar-refractivity contribution in [2.24, 2.45) is 10.7 Å². The Bertz CT molecular complexity index is 884. The average Bonchev–Trinajstić information content (AvgIpc) is 2.95. The van der Waals surface area contributed by atoms with Crippen LogP contribution in [-0.4, -0.2) is 46.3 Å². The topological polar surface area (TPSA) is 83.2 Å². The lowest BCUT2D eigenvalue weighted by Gasteiger charge is -2.06. The van der Waals surface area contributed by atoms with Crippen LogP contribution in [0.4, 0.5) is 5.69 Å². The zero-order valence-corrected chi connectivity index (χ0v) is 15.2. The van der Waals surface area contributed by atoms with Crippen molar-refractivity contribution in [3.05, 3.63) is 52.4 Å². The number of aromatic amines is 1. The van der Waals surface area contributed by atoms with Crippen LogP contribution in [0.5, 0.6) is 0 Å². The summed E-state index contributed by atoms with van der Waals surface area (Å²) in [5, 5.41) is 0. The van der Waals surface area contributed by atoms with Crippen LogP contribution in [0.1, 0.15) is 11.4 Å². The maximum Gasteiger partial charge on any atom is 0.178 e. The molecule has 0 spiro atoms. The molecule has 124 valence electrons. The Morgan fingerprint density at radius 2 is 2.17 bits per heavy atom. The molecule has 0 amide bonds. The standard InChI is InChI=1S/C17H19BrN6/c1-24(2)9-7-14-22-15-13(6-8-20-17(15)23-14)16(19)21-12-5-3-4-11(18)10-12/h3-6,8,10H,7,9H2,1-2H3,(H2,19,21)(H,20,22,23). The van der Waals surface area contributed by atoms with Gasteiger partial charge in [-0.2, -0.15) is 0 Å². The molecule has 2 aromatic heterocycles. The predicted molar refractivity (Wildman–Crippen MR) is 101 cm³/mol. The van der Waals surface area contributed by atoms with E-state index in [9.17, 15) is 0 Å². The van der Waals surface area contributed by atoms with E-state index in [1.54, 1.807) is 6.20 Å². The first-order valence-electron chi connectivity index (χ1n) is 7.61. The fourth-order valence-corrected chi connectivity index (χ4v) is 2.75. The Kier molecular flexibility index (Phi) is 4.92. The number of amidine groups is 1. The van der Waals surface area contributed by atoms with Gasteiger partial charge in [0.05, 0.1) is 11.2 Å². The summed E-state index contributed by atoms with van der Waals surface area (Å²) < 4.78 is 0.962. The van der Waals surface area contributed by atoms with E-state index < -0.39 is 0 Å². The van der Waals surface area contributed by atoms with Crippen LogP contribution in [0.2, 0.25) is 0 Å². The number of aromatic nitrogens is 3. The van der Waals surface area contributed by atoms with Gasteiger partial charge in [-0.05, 0) is 38.4 Å². The molecule has 3 rings (SSSR count). The van der Waals surface area contributed by atoms with Crippen molar-refractivity contribution in [2.45, 2.75) is 6.42 Å². The number of pyridine rings is 1. The molecule has 0 unspecified atom stereocenters. The van der Waals surface area contributed by atoms with E-state index in [1.165, 1.54) is 0 Å². The number of nitrogens with one attached hydrogen (secondary N) is 1. The Balaban J connectivity index is 1.96. The van der Waals surface area contributed by atoms with E-state index in [0.29, 0.717) is 11.5 Å². The third kappa shape index (κ3) is 3.80. The number of hydrogen-bond donors (Lipinski definition) is 2. The molecule has 7 heteroatoms. The SMILES string of the molecule is CN(C)CCc1nc2nccc(C(N)=Nc3cccc(Br)c3)c2[nH]1. The number of benzene rings is 1. The molecule has 0 bridgehead atoms. The second-order valence-electron chi connectivity index (χ2n) is 5.77. The van der Waals surface area contributed by atoms with Crippen molar-refractivity contribution in [2.75, 3.05) is 20.6 Å². The van der Waals surface area contributed by atoms with Crippen LogP contribution >= 0.6 is 15.9 Å². The first-order chi connectivity index (χ1) is 11.5. The molecule has 2 heterocycles. The molecule has 0 aliphatic heterocycles. The molecule has 0 saturated carbocycles. The average molecular weight is 387 g/mol. The van der Waals surface area contributed by atoms with Gasteiger partial charge in [-0.3, -0.25) is 0 Å². The quantitative estimate of drug-likeness (QED) is 0.521. The molecule has 3 N–H and O–H groups in total. The van der Waals surface area contributed by atoms with Gasteiger partial charge in [-0.15, -0.1) is 0 Å². The Hall–Kier alpha value is -2.25. The molecule has 0 atom stereocenters. The number of fused-ring (bicyclic) bond motifs is 1. The predicted octanol–water partition coefficient (Wildman–Crippen LogP) is 2.86. The normalized spacial score (nSPS) is 12.2. The minimum Gasteiger partial charge on any atom is -0.383 e. The molecule has 6 nitrogen and oxygen atoms in total. The number of H-pyrrole nitrogens is 1. The highest BCUT2D eigenvalue weighted by Gasteiger charge is 2.11. The molecule has 0 aliphatic carbocycles. The molecular formula is C17H19BrN6. The Morgan fingerprint density at radius 1 is 1.33 bits per heavy atom. The van der Waals surface area contributed by atoms with Gasteiger partial charge in [-0.1, -0.05) is 22.0 Å². The van der Waals surface area contributed by atoms with E-state index in [0.717, 1.165) is 40.0 Å². The molecular weight excluding hydrogens is 368 g/mol. The lowest BCUT2D eigenvalue weighted by Crippen LogP contribution is -2.15. The lowest BCUT2D eigenvalue weighted by molar-refractivity contribution is 0.410. The third-order valence-corrected chi connectivity index (χ3v) is 4.06. The van der Waals surface area contributed by atoms with Crippen LogP contribution in [-0.2, 0) is 6.42 Å². The molecule has 0 fully saturated rings. The molecule has 3 aromatic rings. The zero-order chi connectivity index (χ0) is 17.1. The van der Waals surface area contributed by atoms with Gasteiger partial charge in [0.2, 0.25) is 0 Å².